The predicted octanol–water partition coefficient (Wildman–Crippen LogP) is 4.70. The van der Waals surface area contributed by atoms with Gasteiger partial charge in [0.05, 0.1) is 5.39 Å². The Hall–Kier alpha value is -2.56. The van der Waals surface area contributed by atoms with Gasteiger partial charge in [-0.05, 0) is 42.0 Å². The number of allylic oxidation sites excluding steroid dienone is 1. The van der Waals surface area contributed by atoms with E-state index in [4.69, 9.17) is 27.6 Å². The van der Waals surface area contributed by atoms with Gasteiger partial charge in [0.1, 0.15) is 16.9 Å². The largest absolute Gasteiger partial charge is 0.506 e. The molecule has 0 saturated carbocycles. The molecule has 0 amide bonds. The molecule has 0 radical (unpaired) electrons. The van der Waals surface area contributed by atoms with Crippen LogP contribution in [0.1, 0.15) is 15.9 Å². The lowest BCUT2D eigenvalue weighted by molar-refractivity contribution is 0.104. The molecule has 1 heterocycles. The molecule has 0 fully saturated rings. The second kappa shape index (κ2) is 6.51. The molecular weight excluding hydrogens is 351 g/mol. The fraction of sp³-hybridized carbons (Fsp3) is 0. The zero-order valence-corrected chi connectivity index (χ0v) is 13.6. The average Bonchev–Trinajstić information content (AvgIpc) is 2.54. The number of carbonyl (C=O) groups excluding carboxylic acids is 1. The summed E-state index contributed by atoms with van der Waals surface area (Å²) in [5.41, 5.74) is -0.557. The van der Waals surface area contributed by atoms with Crippen molar-refractivity contribution in [3.63, 3.8) is 0 Å². The van der Waals surface area contributed by atoms with Gasteiger partial charge in [0, 0.05) is 10.0 Å². The molecule has 1 N–H and O–H groups in total. The zero-order valence-electron chi connectivity index (χ0n) is 12.1. The number of benzene rings is 2. The number of carbonyl (C=O) groups is 1. The lowest BCUT2D eigenvalue weighted by Crippen LogP contribution is -2.12. The minimum absolute atomic E-state index is 0.210. The summed E-state index contributed by atoms with van der Waals surface area (Å²) in [6.45, 7) is 0. The molecule has 6 heteroatoms. The van der Waals surface area contributed by atoms with Crippen molar-refractivity contribution >= 4 is 46.0 Å². The van der Waals surface area contributed by atoms with E-state index in [9.17, 15) is 14.7 Å². The standard InChI is InChI=1S/C18H10Cl2O4/c19-11-7-5-10(13(20)9-11)6-8-14(21)16-17(22)12-3-1-2-4-15(12)24-18(16)23/h1-9,22H/b8-6+. The maximum atomic E-state index is 12.3. The van der Waals surface area contributed by atoms with E-state index in [1.807, 2.05) is 0 Å². The third-order valence-corrected chi connectivity index (χ3v) is 3.97. The van der Waals surface area contributed by atoms with Crippen LogP contribution in [0.2, 0.25) is 10.0 Å². The van der Waals surface area contributed by atoms with Gasteiger partial charge in [-0.15, -0.1) is 0 Å². The summed E-state index contributed by atoms with van der Waals surface area (Å²) >= 11 is 11.8. The molecule has 0 spiro atoms. The van der Waals surface area contributed by atoms with Crippen molar-refractivity contribution in [2.24, 2.45) is 0 Å². The second-order valence-electron chi connectivity index (χ2n) is 4.97. The topological polar surface area (TPSA) is 67.5 Å². The Bertz CT molecular complexity index is 1030. The van der Waals surface area contributed by atoms with Crippen LogP contribution in [-0.4, -0.2) is 10.9 Å². The van der Waals surface area contributed by atoms with E-state index in [-0.39, 0.29) is 5.58 Å². The Balaban J connectivity index is 2.03. The Morgan fingerprint density at radius 2 is 1.88 bits per heavy atom. The lowest BCUT2D eigenvalue weighted by atomic mass is 10.1. The summed E-state index contributed by atoms with van der Waals surface area (Å²) in [5, 5.41) is 11.4. The van der Waals surface area contributed by atoms with Crippen LogP contribution in [0.25, 0.3) is 17.0 Å². The number of aromatic hydroxyl groups is 1. The molecule has 24 heavy (non-hydrogen) atoms. The number of ketones is 1. The Labute approximate surface area is 146 Å². The van der Waals surface area contributed by atoms with Crippen LogP contribution in [0.5, 0.6) is 5.75 Å². The van der Waals surface area contributed by atoms with Crippen molar-refractivity contribution in [3.8, 4) is 5.75 Å². The van der Waals surface area contributed by atoms with Gasteiger partial charge in [-0.1, -0.05) is 41.4 Å². The fourth-order valence-electron chi connectivity index (χ4n) is 2.24. The van der Waals surface area contributed by atoms with Crippen molar-refractivity contribution in [3.05, 3.63) is 80.1 Å². The second-order valence-corrected chi connectivity index (χ2v) is 5.82. The first-order chi connectivity index (χ1) is 11.5. The van der Waals surface area contributed by atoms with Gasteiger partial charge >= 0.3 is 5.63 Å². The minimum Gasteiger partial charge on any atom is -0.506 e. The molecule has 0 aliphatic rings. The van der Waals surface area contributed by atoms with Crippen molar-refractivity contribution in [2.75, 3.05) is 0 Å². The highest BCUT2D eigenvalue weighted by molar-refractivity contribution is 6.35. The average molecular weight is 361 g/mol. The Morgan fingerprint density at radius 1 is 1.12 bits per heavy atom. The van der Waals surface area contributed by atoms with Crippen LogP contribution >= 0.6 is 23.2 Å². The fourth-order valence-corrected chi connectivity index (χ4v) is 2.71. The molecule has 3 rings (SSSR count). The molecule has 3 aromatic rings. The summed E-state index contributed by atoms with van der Waals surface area (Å²) in [4.78, 5) is 24.3. The van der Waals surface area contributed by atoms with E-state index < -0.39 is 22.7 Å². The molecule has 120 valence electrons. The predicted molar refractivity (Wildman–Crippen MR) is 94.0 cm³/mol. The summed E-state index contributed by atoms with van der Waals surface area (Å²) in [6.07, 6.45) is 2.59. The van der Waals surface area contributed by atoms with E-state index in [1.54, 1.807) is 30.3 Å². The summed E-state index contributed by atoms with van der Waals surface area (Å²) in [5.74, 6) is -1.09. The van der Waals surface area contributed by atoms with Gasteiger partial charge in [0.15, 0.2) is 5.78 Å². The van der Waals surface area contributed by atoms with Crippen LogP contribution in [0.15, 0.2) is 57.8 Å². The molecule has 1 aromatic heterocycles. The summed E-state index contributed by atoms with van der Waals surface area (Å²) < 4.78 is 5.07. The van der Waals surface area contributed by atoms with Crippen molar-refractivity contribution < 1.29 is 14.3 Å². The molecule has 0 aliphatic heterocycles. The monoisotopic (exact) mass is 360 g/mol. The van der Waals surface area contributed by atoms with Crippen molar-refractivity contribution in [1.29, 1.82) is 0 Å². The molecule has 2 aromatic carbocycles. The zero-order chi connectivity index (χ0) is 17.3. The van der Waals surface area contributed by atoms with E-state index in [0.717, 1.165) is 6.08 Å². The molecule has 0 atom stereocenters. The van der Waals surface area contributed by atoms with E-state index in [1.165, 1.54) is 18.2 Å². The number of halogens is 2. The number of hydrogen-bond donors (Lipinski definition) is 1. The Morgan fingerprint density at radius 3 is 2.62 bits per heavy atom. The van der Waals surface area contributed by atoms with Gasteiger partial charge in [-0.25, -0.2) is 4.79 Å². The molecule has 0 aliphatic carbocycles. The van der Waals surface area contributed by atoms with Crippen LogP contribution in [0.4, 0.5) is 0 Å². The van der Waals surface area contributed by atoms with Gasteiger partial charge in [0.25, 0.3) is 0 Å². The highest BCUT2D eigenvalue weighted by atomic mass is 35.5. The molecule has 0 saturated heterocycles. The number of para-hydroxylation sites is 1. The number of fused-ring (bicyclic) bond motifs is 1. The first kappa shape index (κ1) is 16.3. The smallest absolute Gasteiger partial charge is 0.351 e. The number of rotatable bonds is 3. The Kier molecular flexibility index (Phi) is 4.42. The van der Waals surface area contributed by atoms with E-state index >= 15 is 0 Å². The molecule has 4 nitrogen and oxygen atoms in total. The summed E-state index contributed by atoms with van der Waals surface area (Å²) in [7, 11) is 0. The third kappa shape index (κ3) is 3.07. The maximum absolute atomic E-state index is 12.3. The van der Waals surface area contributed by atoms with Crippen LogP contribution < -0.4 is 5.63 Å². The van der Waals surface area contributed by atoms with Gasteiger partial charge < -0.3 is 9.52 Å². The molecule has 0 bridgehead atoms. The summed E-state index contributed by atoms with van der Waals surface area (Å²) in [6, 6.07) is 11.2. The third-order valence-electron chi connectivity index (χ3n) is 3.41. The van der Waals surface area contributed by atoms with Crippen molar-refractivity contribution in [1.82, 2.24) is 0 Å². The first-order valence-electron chi connectivity index (χ1n) is 6.89. The number of hydrogen-bond acceptors (Lipinski definition) is 4. The van der Waals surface area contributed by atoms with E-state index in [0.29, 0.717) is 21.0 Å². The van der Waals surface area contributed by atoms with Gasteiger partial charge in [0.2, 0.25) is 0 Å². The lowest BCUT2D eigenvalue weighted by Gasteiger charge is -2.03. The normalized spacial score (nSPS) is 11.2. The first-order valence-corrected chi connectivity index (χ1v) is 7.65. The molecular formula is C18H10Cl2O4. The van der Waals surface area contributed by atoms with Crippen molar-refractivity contribution in [2.45, 2.75) is 0 Å². The maximum Gasteiger partial charge on any atom is 0.351 e. The SMILES string of the molecule is O=C(/C=C/c1ccc(Cl)cc1Cl)c1c(O)c2ccccc2oc1=O. The van der Waals surface area contributed by atoms with Crippen LogP contribution in [0.3, 0.4) is 0 Å². The van der Waals surface area contributed by atoms with Crippen LogP contribution in [-0.2, 0) is 0 Å². The highest BCUT2D eigenvalue weighted by Gasteiger charge is 2.18. The van der Waals surface area contributed by atoms with Gasteiger partial charge in [-0.2, -0.15) is 0 Å². The highest BCUT2D eigenvalue weighted by Crippen LogP contribution is 2.27. The van der Waals surface area contributed by atoms with Gasteiger partial charge in [-0.3, -0.25) is 4.79 Å². The quantitative estimate of drug-likeness (QED) is 0.417. The minimum atomic E-state index is -0.900. The van der Waals surface area contributed by atoms with Crippen LogP contribution in [0, 0.1) is 0 Å². The van der Waals surface area contributed by atoms with E-state index in [2.05, 4.69) is 0 Å². The molecule has 0 unspecified atom stereocenters.